The maximum Gasteiger partial charge on any atom is 0.243 e. The van der Waals surface area contributed by atoms with E-state index in [0.29, 0.717) is 11.4 Å². The van der Waals surface area contributed by atoms with Crippen molar-refractivity contribution in [2.45, 2.75) is 23.8 Å². The fourth-order valence-corrected chi connectivity index (χ4v) is 3.83. The second-order valence-corrected chi connectivity index (χ2v) is 5.95. The second-order valence-electron chi connectivity index (χ2n) is 4.06. The number of hydrogen-bond acceptors (Lipinski definition) is 4. The van der Waals surface area contributed by atoms with Crippen molar-refractivity contribution >= 4 is 10.0 Å². The SMILES string of the molecule is NOCC1CCCN1S(=O)(=O)c1ccccc1. The molecule has 1 aromatic rings. The largest absolute Gasteiger partial charge is 0.303 e. The summed E-state index contributed by atoms with van der Waals surface area (Å²) in [6.45, 7) is 0.775. The zero-order valence-electron chi connectivity index (χ0n) is 9.45. The van der Waals surface area contributed by atoms with Crippen molar-refractivity contribution in [3.05, 3.63) is 30.3 Å². The summed E-state index contributed by atoms with van der Waals surface area (Å²) in [4.78, 5) is 4.90. The Labute approximate surface area is 101 Å². The van der Waals surface area contributed by atoms with Gasteiger partial charge in [-0.2, -0.15) is 4.31 Å². The molecule has 0 amide bonds. The predicted octanol–water partition coefficient (Wildman–Crippen LogP) is 0.730. The molecule has 94 valence electrons. The molecule has 1 fully saturated rings. The quantitative estimate of drug-likeness (QED) is 0.806. The zero-order chi connectivity index (χ0) is 12.3. The Morgan fingerprint density at radius 1 is 1.35 bits per heavy atom. The van der Waals surface area contributed by atoms with Crippen LogP contribution in [-0.2, 0) is 14.9 Å². The lowest BCUT2D eigenvalue weighted by Crippen LogP contribution is -2.38. The summed E-state index contributed by atoms with van der Waals surface area (Å²) in [5.74, 6) is 5.03. The van der Waals surface area contributed by atoms with Gasteiger partial charge in [0.15, 0.2) is 0 Å². The molecular weight excluding hydrogens is 240 g/mol. The summed E-state index contributed by atoms with van der Waals surface area (Å²) in [6.07, 6.45) is 1.64. The molecular formula is C11H16N2O3S. The van der Waals surface area contributed by atoms with Gasteiger partial charge >= 0.3 is 0 Å². The van der Waals surface area contributed by atoms with Gasteiger partial charge in [-0.3, -0.25) is 0 Å². The van der Waals surface area contributed by atoms with E-state index in [-0.39, 0.29) is 12.6 Å². The van der Waals surface area contributed by atoms with Gasteiger partial charge in [0, 0.05) is 6.54 Å². The molecule has 1 aromatic carbocycles. The molecule has 0 aliphatic carbocycles. The van der Waals surface area contributed by atoms with E-state index < -0.39 is 10.0 Å². The van der Waals surface area contributed by atoms with Crippen molar-refractivity contribution in [2.75, 3.05) is 13.2 Å². The van der Waals surface area contributed by atoms with E-state index in [1.54, 1.807) is 30.3 Å². The van der Waals surface area contributed by atoms with Crippen LogP contribution >= 0.6 is 0 Å². The standard InChI is InChI=1S/C11H16N2O3S/c12-16-9-10-5-4-8-13(10)17(14,15)11-6-2-1-3-7-11/h1-3,6-7,10H,4-5,8-9,12H2. The fourth-order valence-electron chi connectivity index (χ4n) is 2.13. The average molecular weight is 256 g/mol. The fraction of sp³-hybridized carbons (Fsp3) is 0.455. The molecule has 5 nitrogen and oxygen atoms in total. The maximum atomic E-state index is 12.3. The van der Waals surface area contributed by atoms with Gasteiger partial charge in [0.2, 0.25) is 10.0 Å². The van der Waals surface area contributed by atoms with Crippen LogP contribution in [-0.4, -0.2) is 31.9 Å². The summed E-state index contributed by atoms with van der Waals surface area (Å²) in [7, 11) is -3.41. The third-order valence-electron chi connectivity index (χ3n) is 2.96. The molecule has 1 aliphatic heterocycles. The summed E-state index contributed by atoms with van der Waals surface area (Å²) < 4.78 is 26.2. The Morgan fingerprint density at radius 2 is 2.06 bits per heavy atom. The normalized spacial score (nSPS) is 21.8. The van der Waals surface area contributed by atoms with Crippen LogP contribution in [0.3, 0.4) is 0 Å². The highest BCUT2D eigenvalue weighted by molar-refractivity contribution is 7.89. The van der Waals surface area contributed by atoms with Crippen molar-refractivity contribution in [2.24, 2.45) is 5.90 Å². The van der Waals surface area contributed by atoms with E-state index in [1.807, 2.05) is 0 Å². The third kappa shape index (κ3) is 2.50. The molecule has 1 aliphatic rings. The van der Waals surface area contributed by atoms with Crippen LogP contribution in [0.1, 0.15) is 12.8 Å². The maximum absolute atomic E-state index is 12.3. The predicted molar refractivity (Wildman–Crippen MR) is 63.5 cm³/mol. The van der Waals surface area contributed by atoms with Gasteiger partial charge in [-0.15, -0.1) is 0 Å². The van der Waals surface area contributed by atoms with E-state index in [9.17, 15) is 8.42 Å². The minimum atomic E-state index is -3.41. The third-order valence-corrected chi connectivity index (χ3v) is 4.93. The number of sulfonamides is 1. The van der Waals surface area contributed by atoms with Crippen molar-refractivity contribution < 1.29 is 13.3 Å². The molecule has 1 unspecified atom stereocenters. The van der Waals surface area contributed by atoms with Crippen LogP contribution in [0.2, 0.25) is 0 Å². The van der Waals surface area contributed by atoms with E-state index in [4.69, 9.17) is 5.90 Å². The molecule has 17 heavy (non-hydrogen) atoms. The van der Waals surface area contributed by atoms with E-state index in [2.05, 4.69) is 4.84 Å². The zero-order valence-corrected chi connectivity index (χ0v) is 10.3. The Bertz CT molecular complexity index is 461. The molecule has 2 rings (SSSR count). The van der Waals surface area contributed by atoms with E-state index in [1.165, 1.54) is 4.31 Å². The lowest BCUT2D eigenvalue weighted by Gasteiger charge is -2.23. The van der Waals surface area contributed by atoms with Gasteiger partial charge in [0.1, 0.15) is 0 Å². The molecule has 0 aromatic heterocycles. The van der Waals surface area contributed by atoms with Gasteiger partial charge in [0.05, 0.1) is 17.5 Å². The van der Waals surface area contributed by atoms with Crippen molar-refractivity contribution in [3.63, 3.8) is 0 Å². The first-order valence-electron chi connectivity index (χ1n) is 5.55. The van der Waals surface area contributed by atoms with E-state index in [0.717, 1.165) is 12.8 Å². The van der Waals surface area contributed by atoms with Crippen LogP contribution in [0, 0.1) is 0 Å². The molecule has 0 bridgehead atoms. The van der Waals surface area contributed by atoms with E-state index >= 15 is 0 Å². The Kier molecular flexibility index (Phi) is 3.78. The smallest absolute Gasteiger partial charge is 0.243 e. The highest BCUT2D eigenvalue weighted by Crippen LogP contribution is 2.25. The van der Waals surface area contributed by atoms with Crippen molar-refractivity contribution in [3.8, 4) is 0 Å². The second kappa shape index (κ2) is 5.14. The summed E-state index contributed by atoms with van der Waals surface area (Å²) in [6, 6.07) is 8.30. The topological polar surface area (TPSA) is 72.6 Å². The molecule has 1 atom stereocenters. The van der Waals surface area contributed by atoms with Crippen LogP contribution in [0.15, 0.2) is 35.2 Å². The highest BCUT2D eigenvalue weighted by Gasteiger charge is 2.35. The van der Waals surface area contributed by atoms with Gasteiger partial charge in [-0.25, -0.2) is 14.3 Å². The number of hydrogen-bond donors (Lipinski definition) is 1. The molecule has 1 heterocycles. The molecule has 0 radical (unpaired) electrons. The number of benzene rings is 1. The lowest BCUT2D eigenvalue weighted by molar-refractivity contribution is 0.101. The monoisotopic (exact) mass is 256 g/mol. The molecule has 1 saturated heterocycles. The first-order valence-corrected chi connectivity index (χ1v) is 6.99. The average Bonchev–Trinajstić information content (AvgIpc) is 2.80. The Balaban J connectivity index is 2.27. The first-order chi connectivity index (χ1) is 8.16. The molecule has 2 N–H and O–H groups in total. The van der Waals surface area contributed by atoms with Crippen LogP contribution < -0.4 is 5.90 Å². The van der Waals surface area contributed by atoms with Gasteiger partial charge in [-0.1, -0.05) is 18.2 Å². The summed E-state index contributed by atoms with van der Waals surface area (Å²) in [5.41, 5.74) is 0. The number of nitrogens with zero attached hydrogens (tertiary/aromatic N) is 1. The van der Waals surface area contributed by atoms with Crippen molar-refractivity contribution in [1.82, 2.24) is 4.31 Å². The van der Waals surface area contributed by atoms with Gasteiger partial charge in [0.25, 0.3) is 0 Å². The van der Waals surface area contributed by atoms with Crippen LogP contribution in [0.5, 0.6) is 0 Å². The first kappa shape index (κ1) is 12.5. The van der Waals surface area contributed by atoms with Gasteiger partial charge in [-0.05, 0) is 25.0 Å². The van der Waals surface area contributed by atoms with Crippen molar-refractivity contribution in [1.29, 1.82) is 0 Å². The number of rotatable bonds is 4. The lowest BCUT2D eigenvalue weighted by atomic mass is 10.2. The Hall–Kier alpha value is -0.950. The van der Waals surface area contributed by atoms with Crippen LogP contribution in [0.25, 0.3) is 0 Å². The highest BCUT2D eigenvalue weighted by atomic mass is 32.2. The molecule has 0 spiro atoms. The minimum Gasteiger partial charge on any atom is -0.303 e. The van der Waals surface area contributed by atoms with Crippen LogP contribution in [0.4, 0.5) is 0 Å². The van der Waals surface area contributed by atoms with Gasteiger partial charge < -0.3 is 4.84 Å². The molecule has 0 saturated carbocycles. The number of nitrogens with two attached hydrogens (primary N) is 1. The Morgan fingerprint density at radius 3 is 2.71 bits per heavy atom. The summed E-state index contributed by atoms with van der Waals surface area (Å²) >= 11 is 0. The summed E-state index contributed by atoms with van der Waals surface area (Å²) in [5, 5.41) is 0. The molecule has 6 heteroatoms. The minimum absolute atomic E-state index is 0.148.